The predicted molar refractivity (Wildman–Crippen MR) is 110 cm³/mol. The van der Waals surface area contributed by atoms with Gasteiger partial charge in [0, 0.05) is 12.5 Å². The van der Waals surface area contributed by atoms with Gasteiger partial charge in [-0.25, -0.2) is 9.78 Å². The number of hydrogen-bond donors (Lipinski definition) is 3. The number of methoxy groups -OCH3 is 1. The van der Waals surface area contributed by atoms with Crippen LogP contribution in [0.2, 0.25) is 0 Å². The van der Waals surface area contributed by atoms with Crippen LogP contribution in [0.3, 0.4) is 0 Å². The largest absolute Gasteiger partial charge is 0.444 e. The molecule has 0 radical (unpaired) electrons. The highest BCUT2D eigenvalue weighted by atomic mass is 32.2. The zero-order chi connectivity index (χ0) is 21.7. The Labute approximate surface area is 174 Å². The molecule has 1 amide bonds. The number of alkyl carbamates (subject to hydrolysis) is 1. The lowest BCUT2D eigenvalue weighted by atomic mass is 10.1. The molecule has 1 aromatic carbocycles. The normalized spacial score (nSPS) is 13.0. The second kappa shape index (κ2) is 9.53. The fourth-order valence-electron chi connectivity index (χ4n) is 2.44. The number of benzene rings is 1. The lowest BCUT2D eigenvalue weighted by Crippen LogP contribution is -2.35. The Balaban J connectivity index is 2.18. The summed E-state index contributed by atoms with van der Waals surface area (Å²) in [5, 5.41) is 5.40. The second-order valence-corrected chi connectivity index (χ2v) is 9.33. The van der Waals surface area contributed by atoms with Crippen LogP contribution >= 0.6 is 11.3 Å². The Bertz CT molecular complexity index is 920. The number of carbonyl (C=O) groups excluding carboxylic acids is 1. The number of rotatable bonds is 8. The summed E-state index contributed by atoms with van der Waals surface area (Å²) in [6, 6.07) is 5.99. The van der Waals surface area contributed by atoms with Crippen LogP contribution in [0, 0.1) is 0 Å². The van der Waals surface area contributed by atoms with Gasteiger partial charge in [0.1, 0.15) is 10.6 Å². The number of nitrogens with zero attached hydrogens (tertiary/aromatic N) is 1. The summed E-state index contributed by atoms with van der Waals surface area (Å²) in [4.78, 5) is 16.8. The molecule has 1 aromatic heterocycles. The van der Waals surface area contributed by atoms with Gasteiger partial charge in [-0.05, 0) is 44.9 Å². The highest BCUT2D eigenvalue weighted by Crippen LogP contribution is 2.24. The first-order valence-corrected chi connectivity index (χ1v) is 11.0. The average molecular weight is 444 g/mol. The third-order valence-electron chi connectivity index (χ3n) is 3.49. The molecule has 3 N–H and O–H groups in total. The third-order valence-corrected chi connectivity index (χ3v) is 4.99. The number of nitrogens with one attached hydrogen (secondary N) is 2. The van der Waals surface area contributed by atoms with Crippen LogP contribution in [0.25, 0.3) is 0 Å². The Morgan fingerprint density at radius 3 is 2.48 bits per heavy atom. The number of amides is 1. The Morgan fingerprint density at radius 2 is 1.93 bits per heavy atom. The van der Waals surface area contributed by atoms with E-state index in [-0.39, 0.29) is 5.69 Å². The minimum absolute atomic E-state index is 0.226. The van der Waals surface area contributed by atoms with Crippen LogP contribution < -0.4 is 10.0 Å². The summed E-state index contributed by atoms with van der Waals surface area (Å²) >= 11 is 1.40. The number of thiazole rings is 1. The van der Waals surface area contributed by atoms with Crippen molar-refractivity contribution in [2.24, 2.45) is 0 Å². The minimum atomic E-state index is -4.34. The molecule has 0 saturated heterocycles. The van der Waals surface area contributed by atoms with E-state index in [4.69, 9.17) is 14.0 Å². The van der Waals surface area contributed by atoms with E-state index in [0.29, 0.717) is 18.0 Å². The molecule has 9 nitrogen and oxygen atoms in total. The summed E-state index contributed by atoms with van der Waals surface area (Å²) in [6.45, 7) is 5.71. The van der Waals surface area contributed by atoms with E-state index in [2.05, 4.69) is 10.3 Å². The Hall–Kier alpha value is -2.21. The smallest absolute Gasteiger partial charge is 0.408 e. The van der Waals surface area contributed by atoms with E-state index >= 15 is 0 Å². The van der Waals surface area contributed by atoms with Crippen molar-refractivity contribution in [3.8, 4) is 0 Å². The Kier molecular flexibility index (Phi) is 7.58. The van der Waals surface area contributed by atoms with Crippen LogP contribution in [0.1, 0.15) is 43.1 Å². The van der Waals surface area contributed by atoms with Crippen molar-refractivity contribution in [2.75, 3.05) is 11.8 Å². The van der Waals surface area contributed by atoms with Crippen molar-refractivity contribution in [1.82, 2.24) is 10.3 Å². The molecule has 0 aliphatic rings. The number of carbonyl (C=O) groups is 1. The van der Waals surface area contributed by atoms with Crippen molar-refractivity contribution in [3.63, 3.8) is 0 Å². The molecule has 11 heteroatoms. The number of aromatic nitrogens is 1. The first kappa shape index (κ1) is 23.1. The van der Waals surface area contributed by atoms with Gasteiger partial charge in [0.2, 0.25) is 0 Å². The molecule has 1 atom stereocenters. The van der Waals surface area contributed by atoms with Gasteiger partial charge in [0.25, 0.3) is 0 Å². The van der Waals surface area contributed by atoms with Gasteiger partial charge in [-0.3, -0.25) is 9.27 Å². The van der Waals surface area contributed by atoms with Gasteiger partial charge in [-0.1, -0.05) is 12.1 Å². The quantitative estimate of drug-likeness (QED) is 0.534. The summed E-state index contributed by atoms with van der Waals surface area (Å²) in [5.41, 5.74) is 1.18. The molecule has 2 aromatic rings. The highest BCUT2D eigenvalue weighted by molar-refractivity contribution is 7.87. The SMILES string of the molecule is COCc1csc(C(Cc2ccc(NS(=O)(=O)O)cc2)NC(=O)OC(C)(C)C)n1. The van der Waals surface area contributed by atoms with E-state index in [9.17, 15) is 13.2 Å². The molecule has 2 rings (SSSR count). The molecule has 0 fully saturated rings. The molecule has 1 heterocycles. The van der Waals surface area contributed by atoms with E-state index in [1.54, 1.807) is 40.0 Å². The number of anilines is 1. The lowest BCUT2D eigenvalue weighted by molar-refractivity contribution is 0.0503. The molecular formula is C18H25N3O6S2. The lowest BCUT2D eigenvalue weighted by Gasteiger charge is -2.23. The first-order valence-electron chi connectivity index (χ1n) is 8.72. The van der Waals surface area contributed by atoms with Crippen molar-refractivity contribution in [3.05, 3.63) is 45.9 Å². The molecule has 160 valence electrons. The van der Waals surface area contributed by atoms with E-state index in [1.807, 2.05) is 10.1 Å². The van der Waals surface area contributed by atoms with Crippen LogP contribution in [0.5, 0.6) is 0 Å². The maximum Gasteiger partial charge on any atom is 0.408 e. The molecule has 0 saturated carbocycles. The van der Waals surface area contributed by atoms with Gasteiger partial charge in [0.05, 0.1) is 24.0 Å². The van der Waals surface area contributed by atoms with E-state index in [0.717, 1.165) is 11.3 Å². The van der Waals surface area contributed by atoms with Crippen molar-refractivity contribution in [2.45, 2.75) is 45.4 Å². The number of hydrogen-bond acceptors (Lipinski definition) is 7. The summed E-state index contributed by atoms with van der Waals surface area (Å²) in [6.07, 6.45) is -0.152. The molecule has 29 heavy (non-hydrogen) atoms. The Morgan fingerprint density at radius 1 is 1.28 bits per heavy atom. The zero-order valence-corrected chi connectivity index (χ0v) is 18.3. The molecular weight excluding hydrogens is 418 g/mol. The van der Waals surface area contributed by atoms with Crippen molar-refractivity contribution >= 4 is 33.4 Å². The maximum atomic E-state index is 12.3. The van der Waals surface area contributed by atoms with E-state index < -0.39 is 28.0 Å². The monoisotopic (exact) mass is 443 g/mol. The van der Waals surface area contributed by atoms with Crippen LogP contribution in [-0.2, 0) is 32.8 Å². The average Bonchev–Trinajstić information content (AvgIpc) is 3.02. The van der Waals surface area contributed by atoms with Gasteiger partial charge >= 0.3 is 16.4 Å². The van der Waals surface area contributed by atoms with Gasteiger partial charge in [-0.2, -0.15) is 8.42 Å². The summed E-state index contributed by atoms with van der Waals surface area (Å²) in [7, 11) is -2.75. The van der Waals surface area contributed by atoms with Gasteiger partial charge < -0.3 is 14.8 Å². The second-order valence-electron chi connectivity index (χ2n) is 7.29. The van der Waals surface area contributed by atoms with Crippen LogP contribution in [-0.4, -0.2) is 36.8 Å². The fraction of sp³-hybridized carbons (Fsp3) is 0.444. The number of ether oxygens (including phenoxy) is 2. The van der Waals surface area contributed by atoms with Crippen LogP contribution in [0.15, 0.2) is 29.6 Å². The predicted octanol–water partition coefficient (Wildman–Crippen LogP) is 3.31. The standard InChI is InChI=1S/C18H25N3O6S2/c1-18(2,3)27-17(22)20-15(16-19-14(10-26-4)11-28-16)9-12-5-7-13(8-6-12)21-29(23,24)25/h5-8,11,15,21H,9-10H2,1-4H3,(H,20,22)(H,23,24,25). The third kappa shape index (κ3) is 8.36. The molecule has 0 aliphatic carbocycles. The molecule has 0 spiro atoms. The molecule has 0 bridgehead atoms. The zero-order valence-electron chi connectivity index (χ0n) is 16.6. The highest BCUT2D eigenvalue weighted by Gasteiger charge is 2.23. The minimum Gasteiger partial charge on any atom is -0.444 e. The van der Waals surface area contributed by atoms with Crippen molar-refractivity contribution < 1.29 is 27.2 Å². The first-order chi connectivity index (χ1) is 13.4. The maximum absolute atomic E-state index is 12.3. The van der Waals surface area contributed by atoms with Crippen molar-refractivity contribution in [1.29, 1.82) is 0 Å². The molecule has 1 unspecified atom stereocenters. The van der Waals surface area contributed by atoms with E-state index in [1.165, 1.54) is 23.5 Å². The van der Waals surface area contributed by atoms with Gasteiger partial charge in [0.15, 0.2) is 0 Å². The topological polar surface area (TPSA) is 127 Å². The van der Waals surface area contributed by atoms with Crippen LogP contribution in [0.4, 0.5) is 10.5 Å². The van der Waals surface area contributed by atoms with Gasteiger partial charge in [-0.15, -0.1) is 11.3 Å². The summed E-state index contributed by atoms with van der Waals surface area (Å²) < 4.78 is 43.1. The summed E-state index contributed by atoms with van der Waals surface area (Å²) in [5.74, 6) is 0. The fourth-order valence-corrected chi connectivity index (χ4v) is 3.73. The molecule has 0 aliphatic heterocycles.